The highest BCUT2D eigenvalue weighted by Gasteiger charge is 2.31. The Kier molecular flexibility index (Phi) is 5.05. The summed E-state index contributed by atoms with van der Waals surface area (Å²) in [5.74, 6) is 0.537. The lowest BCUT2D eigenvalue weighted by Crippen LogP contribution is -2.25. The molecule has 0 saturated heterocycles. The summed E-state index contributed by atoms with van der Waals surface area (Å²) in [6.45, 7) is 4.00. The predicted octanol–water partition coefficient (Wildman–Crippen LogP) is 4.93. The van der Waals surface area contributed by atoms with Crippen LogP contribution in [0.1, 0.15) is 31.4 Å². The third kappa shape index (κ3) is 3.06. The van der Waals surface area contributed by atoms with Gasteiger partial charge in [-0.3, -0.25) is 0 Å². The lowest BCUT2D eigenvalue weighted by Gasteiger charge is -2.32. The van der Waals surface area contributed by atoms with Gasteiger partial charge in [-0.25, -0.2) is 0 Å². The second-order valence-electron chi connectivity index (χ2n) is 5.06. The highest BCUT2D eigenvalue weighted by Crippen LogP contribution is 2.40. The molecule has 0 aliphatic heterocycles. The highest BCUT2D eigenvalue weighted by atomic mass is 16.3. The lowest BCUT2D eigenvalue weighted by atomic mass is 9.70. The van der Waals surface area contributed by atoms with Crippen LogP contribution in [0.4, 0.5) is 0 Å². The molecule has 2 N–H and O–H groups in total. The fourth-order valence-corrected chi connectivity index (χ4v) is 2.73. The van der Waals surface area contributed by atoms with Gasteiger partial charge < -0.3 is 10.2 Å². The van der Waals surface area contributed by atoms with Gasteiger partial charge >= 0.3 is 0 Å². The molecule has 2 heteroatoms. The highest BCUT2D eigenvalue weighted by molar-refractivity contribution is 5.49. The molecule has 0 aromatic heterocycles. The van der Waals surface area contributed by atoms with E-state index in [1.54, 1.807) is 24.3 Å². The molecule has 0 heterocycles. The van der Waals surface area contributed by atoms with Gasteiger partial charge in [-0.2, -0.15) is 0 Å². The van der Waals surface area contributed by atoms with Crippen LogP contribution >= 0.6 is 0 Å². The van der Waals surface area contributed by atoms with Crippen LogP contribution in [0.3, 0.4) is 0 Å². The van der Waals surface area contributed by atoms with E-state index in [1.165, 1.54) is 0 Å². The van der Waals surface area contributed by atoms with Gasteiger partial charge in [0, 0.05) is 5.41 Å². The van der Waals surface area contributed by atoms with Crippen molar-refractivity contribution in [3.8, 4) is 11.5 Å². The van der Waals surface area contributed by atoms with Gasteiger partial charge in [0.2, 0.25) is 0 Å². The summed E-state index contributed by atoms with van der Waals surface area (Å²) < 4.78 is 0. The van der Waals surface area contributed by atoms with Crippen LogP contribution in [0.5, 0.6) is 11.5 Å². The van der Waals surface area contributed by atoms with E-state index < -0.39 is 0 Å². The second-order valence-corrected chi connectivity index (χ2v) is 5.06. The van der Waals surface area contributed by atoms with Crippen molar-refractivity contribution in [2.24, 2.45) is 0 Å². The number of allylic oxidation sites excluding steroid dienone is 4. The van der Waals surface area contributed by atoms with Gasteiger partial charge in [0.15, 0.2) is 0 Å². The first-order valence-electron chi connectivity index (χ1n) is 7.64. The average molecular weight is 294 g/mol. The van der Waals surface area contributed by atoms with E-state index in [0.29, 0.717) is 0 Å². The summed E-state index contributed by atoms with van der Waals surface area (Å²) in [4.78, 5) is 0. The Morgan fingerprint density at radius 2 is 1.18 bits per heavy atom. The maximum atomic E-state index is 9.48. The minimum Gasteiger partial charge on any atom is -0.508 e. The number of benzene rings is 2. The number of phenolic OH excluding ortho intramolecular Hbond substituents is 2. The average Bonchev–Trinajstić information content (AvgIpc) is 2.58. The van der Waals surface area contributed by atoms with Crippen LogP contribution in [-0.2, 0) is 5.41 Å². The fourth-order valence-electron chi connectivity index (χ4n) is 2.73. The van der Waals surface area contributed by atoms with Gasteiger partial charge in [0.1, 0.15) is 11.5 Å². The van der Waals surface area contributed by atoms with Gasteiger partial charge in [0.25, 0.3) is 0 Å². The SMILES string of the molecule is CC.Oc1ccc(C2(c3ccc(O)cc3)C=CC=CC2)cc1. The summed E-state index contributed by atoms with van der Waals surface area (Å²) >= 11 is 0. The van der Waals surface area contributed by atoms with E-state index in [9.17, 15) is 10.2 Å². The van der Waals surface area contributed by atoms with Crippen molar-refractivity contribution in [1.82, 2.24) is 0 Å². The molecule has 0 amide bonds. The summed E-state index contributed by atoms with van der Waals surface area (Å²) in [6.07, 6.45) is 9.26. The normalized spacial score (nSPS) is 15.0. The molecular formula is C20H22O2. The zero-order valence-electron chi connectivity index (χ0n) is 13.0. The summed E-state index contributed by atoms with van der Waals surface area (Å²) in [5, 5.41) is 19.0. The molecule has 114 valence electrons. The first-order valence-corrected chi connectivity index (χ1v) is 7.64. The van der Waals surface area contributed by atoms with Gasteiger partial charge in [-0.1, -0.05) is 62.4 Å². The molecule has 0 radical (unpaired) electrons. The smallest absolute Gasteiger partial charge is 0.115 e. The zero-order chi connectivity index (χ0) is 16.0. The van der Waals surface area contributed by atoms with Crippen molar-refractivity contribution < 1.29 is 10.2 Å². The monoisotopic (exact) mass is 294 g/mol. The largest absolute Gasteiger partial charge is 0.508 e. The molecule has 2 aromatic rings. The van der Waals surface area contributed by atoms with Crippen molar-refractivity contribution in [2.45, 2.75) is 25.7 Å². The van der Waals surface area contributed by atoms with Crippen molar-refractivity contribution >= 4 is 0 Å². The predicted molar refractivity (Wildman–Crippen MR) is 91.2 cm³/mol. The van der Waals surface area contributed by atoms with Gasteiger partial charge in [-0.15, -0.1) is 0 Å². The van der Waals surface area contributed by atoms with Crippen molar-refractivity contribution in [1.29, 1.82) is 0 Å². The Bertz CT molecular complexity index is 604. The Balaban J connectivity index is 0.000000847. The molecule has 0 fully saturated rings. The third-order valence-electron chi connectivity index (χ3n) is 3.83. The van der Waals surface area contributed by atoms with E-state index >= 15 is 0 Å². The molecule has 0 spiro atoms. The molecule has 22 heavy (non-hydrogen) atoms. The number of hydrogen-bond acceptors (Lipinski definition) is 2. The minimum atomic E-state index is -0.240. The second kappa shape index (κ2) is 6.99. The van der Waals surface area contributed by atoms with E-state index in [-0.39, 0.29) is 16.9 Å². The van der Waals surface area contributed by atoms with Crippen LogP contribution in [0, 0.1) is 0 Å². The maximum Gasteiger partial charge on any atom is 0.115 e. The van der Waals surface area contributed by atoms with Crippen LogP contribution in [-0.4, -0.2) is 10.2 Å². The first kappa shape index (κ1) is 15.9. The van der Waals surface area contributed by atoms with Crippen LogP contribution in [0.2, 0.25) is 0 Å². The van der Waals surface area contributed by atoms with Crippen molar-refractivity contribution in [2.75, 3.05) is 0 Å². The Morgan fingerprint density at radius 1 is 0.727 bits per heavy atom. The van der Waals surface area contributed by atoms with E-state index in [1.807, 2.05) is 50.3 Å². The number of hydrogen-bond donors (Lipinski definition) is 2. The Labute approximate surface area is 132 Å². The molecule has 1 aliphatic carbocycles. The van der Waals surface area contributed by atoms with Crippen LogP contribution in [0.15, 0.2) is 72.8 Å². The van der Waals surface area contributed by atoms with E-state index in [0.717, 1.165) is 17.5 Å². The van der Waals surface area contributed by atoms with Crippen LogP contribution in [0.25, 0.3) is 0 Å². The zero-order valence-corrected chi connectivity index (χ0v) is 13.0. The molecule has 3 rings (SSSR count). The summed E-state index contributed by atoms with van der Waals surface area (Å²) in [6, 6.07) is 14.6. The lowest BCUT2D eigenvalue weighted by molar-refractivity contribution is 0.474. The quantitative estimate of drug-likeness (QED) is 0.824. The summed E-state index contributed by atoms with van der Waals surface area (Å²) in [5.41, 5.74) is 2.01. The third-order valence-corrected chi connectivity index (χ3v) is 3.83. The molecule has 2 nitrogen and oxygen atoms in total. The number of phenols is 2. The fraction of sp³-hybridized carbons (Fsp3) is 0.200. The topological polar surface area (TPSA) is 40.5 Å². The number of aromatic hydroxyl groups is 2. The van der Waals surface area contributed by atoms with Gasteiger partial charge in [-0.05, 0) is 41.8 Å². The van der Waals surface area contributed by atoms with Gasteiger partial charge in [0.05, 0.1) is 0 Å². The molecule has 0 saturated carbocycles. The molecule has 2 aromatic carbocycles. The molecule has 1 aliphatic rings. The molecule has 0 bridgehead atoms. The summed E-state index contributed by atoms with van der Waals surface area (Å²) in [7, 11) is 0. The van der Waals surface area contributed by atoms with E-state index in [4.69, 9.17) is 0 Å². The van der Waals surface area contributed by atoms with Crippen molar-refractivity contribution in [3.05, 3.63) is 84.0 Å². The first-order chi connectivity index (χ1) is 10.7. The van der Waals surface area contributed by atoms with Crippen LogP contribution < -0.4 is 0 Å². The molecule has 0 atom stereocenters. The standard InChI is InChI=1S/C18H16O2.C2H6/c19-16-8-4-14(5-9-16)18(12-2-1-3-13-18)15-6-10-17(20)11-7-15;1-2/h1-12,19-20H,13H2;1-2H3. The Hall–Kier alpha value is -2.48. The molecule has 0 unspecified atom stereocenters. The molecular weight excluding hydrogens is 272 g/mol. The number of rotatable bonds is 2. The maximum absolute atomic E-state index is 9.48. The van der Waals surface area contributed by atoms with Crippen molar-refractivity contribution in [3.63, 3.8) is 0 Å². The Morgan fingerprint density at radius 3 is 1.55 bits per heavy atom. The minimum absolute atomic E-state index is 0.240. The van der Waals surface area contributed by atoms with E-state index in [2.05, 4.69) is 12.2 Å².